The Hall–Kier alpha value is -2.79. The minimum atomic E-state index is -0.504. The highest BCUT2D eigenvalue weighted by Gasteiger charge is 2.22. The highest BCUT2D eigenvalue weighted by molar-refractivity contribution is 6.31. The van der Waals surface area contributed by atoms with Gasteiger partial charge in [-0.25, -0.2) is 0 Å². The molecule has 0 unspecified atom stereocenters. The van der Waals surface area contributed by atoms with Crippen molar-refractivity contribution >= 4 is 34.3 Å². The van der Waals surface area contributed by atoms with Gasteiger partial charge >= 0.3 is 5.97 Å². The zero-order valence-electron chi connectivity index (χ0n) is 14.6. The first-order chi connectivity index (χ1) is 12.3. The minimum Gasteiger partial charge on any atom is -0.491 e. The zero-order chi connectivity index (χ0) is 18.8. The number of ketones is 1. The molecule has 0 spiro atoms. The highest BCUT2D eigenvalue weighted by atomic mass is 35.5. The molecule has 1 N–H and O–H groups in total. The van der Waals surface area contributed by atoms with Gasteiger partial charge in [0.1, 0.15) is 11.4 Å². The van der Waals surface area contributed by atoms with Gasteiger partial charge < -0.3 is 14.5 Å². The van der Waals surface area contributed by atoms with E-state index >= 15 is 0 Å². The maximum Gasteiger partial charge on any atom is 0.308 e. The van der Waals surface area contributed by atoms with Gasteiger partial charge in [0.05, 0.1) is 11.6 Å². The maximum atomic E-state index is 12.9. The minimum absolute atomic E-state index is 0.0468. The van der Waals surface area contributed by atoms with Crippen LogP contribution in [0.25, 0.3) is 10.9 Å². The number of ether oxygens (including phenoxy) is 2. The average molecular weight is 372 g/mol. The number of esters is 1. The van der Waals surface area contributed by atoms with Crippen molar-refractivity contribution in [3.05, 3.63) is 58.7 Å². The van der Waals surface area contributed by atoms with Crippen LogP contribution in [0.1, 0.15) is 36.8 Å². The summed E-state index contributed by atoms with van der Waals surface area (Å²) in [5.74, 6) is 0.0945. The average Bonchev–Trinajstić information content (AvgIpc) is 2.91. The second-order valence-corrected chi connectivity index (χ2v) is 6.57. The van der Waals surface area contributed by atoms with Crippen LogP contribution in [0.2, 0.25) is 5.02 Å². The van der Waals surface area contributed by atoms with Crippen molar-refractivity contribution in [2.24, 2.45) is 0 Å². The summed E-state index contributed by atoms with van der Waals surface area (Å²) < 4.78 is 10.9. The van der Waals surface area contributed by atoms with Crippen LogP contribution >= 0.6 is 11.6 Å². The third-order valence-electron chi connectivity index (χ3n) is 3.67. The number of hydrogen-bond acceptors (Lipinski definition) is 4. The van der Waals surface area contributed by atoms with Crippen molar-refractivity contribution in [1.29, 1.82) is 0 Å². The van der Waals surface area contributed by atoms with Crippen LogP contribution in [-0.4, -0.2) is 22.8 Å². The lowest BCUT2D eigenvalue weighted by Crippen LogP contribution is -2.09. The second-order valence-electron chi connectivity index (χ2n) is 6.13. The Labute approximate surface area is 155 Å². The molecule has 26 heavy (non-hydrogen) atoms. The molecular formula is C20H18ClNO4. The van der Waals surface area contributed by atoms with E-state index in [1.54, 1.807) is 42.5 Å². The first-order valence-electron chi connectivity index (χ1n) is 8.16. The number of carbonyl (C=O) groups excluding carboxylic acids is 2. The second kappa shape index (κ2) is 7.22. The van der Waals surface area contributed by atoms with E-state index in [0.29, 0.717) is 27.2 Å². The van der Waals surface area contributed by atoms with E-state index in [-0.39, 0.29) is 23.3 Å². The van der Waals surface area contributed by atoms with E-state index in [9.17, 15) is 9.59 Å². The van der Waals surface area contributed by atoms with Gasteiger partial charge in [-0.3, -0.25) is 9.59 Å². The number of fused-ring (bicyclic) bond motifs is 1. The van der Waals surface area contributed by atoms with Crippen molar-refractivity contribution in [3.63, 3.8) is 0 Å². The summed E-state index contributed by atoms with van der Waals surface area (Å²) in [6, 6.07) is 11.9. The lowest BCUT2D eigenvalue weighted by Gasteiger charge is -2.10. The lowest BCUT2D eigenvalue weighted by molar-refractivity contribution is -0.131. The number of hydrogen-bond donors (Lipinski definition) is 1. The molecule has 1 aromatic heterocycles. The van der Waals surface area contributed by atoms with Crippen LogP contribution in [0, 0.1) is 0 Å². The molecule has 2 aromatic carbocycles. The smallest absolute Gasteiger partial charge is 0.308 e. The molecule has 6 heteroatoms. The lowest BCUT2D eigenvalue weighted by atomic mass is 10.1. The normalized spacial score (nSPS) is 11.0. The van der Waals surface area contributed by atoms with Gasteiger partial charge in [0.25, 0.3) is 0 Å². The summed E-state index contributed by atoms with van der Waals surface area (Å²) in [4.78, 5) is 27.4. The number of carbonyl (C=O) groups is 2. The summed E-state index contributed by atoms with van der Waals surface area (Å²) >= 11 is 6.01. The SMILES string of the molecule is CC(=O)Oc1c(C(=O)c2ccc(OC(C)C)cc2)[nH]c2cc(Cl)ccc12. The van der Waals surface area contributed by atoms with E-state index in [1.807, 2.05) is 13.8 Å². The van der Waals surface area contributed by atoms with E-state index in [1.165, 1.54) is 6.92 Å². The molecule has 0 radical (unpaired) electrons. The number of H-pyrrole nitrogens is 1. The monoisotopic (exact) mass is 371 g/mol. The van der Waals surface area contributed by atoms with Crippen LogP contribution in [0.3, 0.4) is 0 Å². The fourth-order valence-electron chi connectivity index (χ4n) is 2.65. The first-order valence-corrected chi connectivity index (χ1v) is 8.54. The maximum absolute atomic E-state index is 12.9. The van der Waals surface area contributed by atoms with Crippen LogP contribution < -0.4 is 9.47 Å². The summed E-state index contributed by atoms with van der Waals surface area (Å²) in [5.41, 5.74) is 1.28. The van der Waals surface area contributed by atoms with Gasteiger partial charge in [0.15, 0.2) is 5.75 Å². The Morgan fingerprint density at radius 2 is 1.77 bits per heavy atom. The molecule has 0 aliphatic heterocycles. The third-order valence-corrected chi connectivity index (χ3v) is 3.91. The molecule has 0 saturated carbocycles. The van der Waals surface area contributed by atoms with Crippen molar-refractivity contribution in [2.45, 2.75) is 26.9 Å². The van der Waals surface area contributed by atoms with Crippen LogP contribution in [-0.2, 0) is 4.79 Å². The number of halogens is 1. The Morgan fingerprint density at radius 3 is 2.38 bits per heavy atom. The van der Waals surface area contributed by atoms with Crippen molar-refractivity contribution in [3.8, 4) is 11.5 Å². The van der Waals surface area contributed by atoms with Crippen molar-refractivity contribution in [2.75, 3.05) is 0 Å². The Morgan fingerprint density at radius 1 is 1.08 bits per heavy atom. The zero-order valence-corrected chi connectivity index (χ0v) is 15.4. The Balaban J connectivity index is 2.03. The van der Waals surface area contributed by atoms with E-state index < -0.39 is 5.97 Å². The Bertz CT molecular complexity index is 973. The molecule has 134 valence electrons. The van der Waals surface area contributed by atoms with E-state index in [0.717, 1.165) is 0 Å². The quantitative estimate of drug-likeness (QED) is 0.518. The summed E-state index contributed by atoms with van der Waals surface area (Å²) in [6.07, 6.45) is 0.0468. The van der Waals surface area contributed by atoms with Gasteiger partial charge in [-0.15, -0.1) is 0 Å². The predicted octanol–water partition coefficient (Wildman–Crippen LogP) is 4.76. The molecule has 3 rings (SSSR count). The molecule has 0 aliphatic carbocycles. The van der Waals surface area contributed by atoms with Crippen molar-refractivity contribution < 1.29 is 19.1 Å². The molecular weight excluding hydrogens is 354 g/mol. The summed E-state index contributed by atoms with van der Waals surface area (Å²) in [7, 11) is 0. The standard InChI is InChI=1S/C20H18ClNO4/c1-11(2)25-15-7-4-13(5-8-15)19(24)18-20(26-12(3)23)16-9-6-14(21)10-17(16)22-18/h4-11,22H,1-3H3. The molecule has 0 saturated heterocycles. The van der Waals surface area contributed by atoms with Gasteiger partial charge in [-0.2, -0.15) is 0 Å². The number of benzene rings is 2. The van der Waals surface area contributed by atoms with Crippen LogP contribution in [0.5, 0.6) is 11.5 Å². The molecule has 5 nitrogen and oxygen atoms in total. The molecule has 0 amide bonds. The molecule has 0 bridgehead atoms. The summed E-state index contributed by atoms with van der Waals surface area (Å²) in [5, 5.41) is 1.13. The van der Waals surface area contributed by atoms with Gasteiger partial charge in [0, 0.05) is 22.9 Å². The van der Waals surface area contributed by atoms with Crippen LogP contribution in [0.15, 0.2) is 42.5 Å². The summed E-state index contributed by atoms with van der Waals surface area (Å²) in [6.45, 7) is 5.15. The molecule has 0 aliphatic rings. The number of aromatic nitrogens is 1. The molecule has 0 fully saturated rings. The molecule has 1 heterocycles. The largest absolute Gasteiger partial charge is 0.491 e. The van der Waals surface area contributed by atoms with E-state index in [2.05, 4.69) is 4.98 Å². The predicted molar refractivity (Wildman–Crippen MR) is 100 cm³/mol. The number of rotatable bonds is 5. The van der Waals surface area contributed by atoms with Gasteiger partial charge in [-0.05, 0) is 56.3 Å². The molecule has 3 aromatic rings. The number of aromatic amines is 1. The van der Waals surface area contributed by atoms with Gasteiger partial charge in [0.2, 0.25) is 5.78 Å². The fourth-order valence-corrected chi connectivity index (χ4v) is 2.83. The third kappa shape index (κ3) is 3.73. The van der Waals surface area contributed by atoms with E-state index in [4.69, 9.17) is 21.1 Å². The number of nitrogens with one attached hydrogen (secondary N) is 1. The van der Waals surface area contributed by atoms with Gasteiger partial charge in [-0.1, -0.05) is 11.6 Å². The van der Waals surface area contributed by atoms with Crippen LogP contribution in [0.4, 0.5) is 0 Å². The highest BCUT2D eigenvalue weighted by Crippen LogP contribution is 2.33. The topological polar surface area (TPSA) is 68.4 Å². The van der Waals surface area contributed by atoms with Crippen molar-refractivity contribution in [1.82, 2.24) is 4.98 Å². The molecule has 0 atom stereocenters. The fraction of sp³-hybridized carbons (Fsp3) is 0.200. The first kappa shape index (κ1) is 18.0. The Kier molecular flexibility index (Phi) is 5.00.